The molecule has 2 rings (SSSR count). The van der Waals surface area contributed by atoms with E-state index >= 15 is 0 Å². The van der Waals surface area contributed by atoms with Gasteiger partial charge in [0.1, 0.15) is 0 Å². The van der Waals surface area contributed by atoms with Crippen molar-refractivity contribution in [3.05, 3.63) is 5.82 Å². The van der Waals surface area contributed by atoms with Crippen LogP contribution in [0.15, 0.2) is 0 Å². The SMILES string of the molecule is CCC1C(C)CNc2nc(C(C)C)nn21. The highest BCUT2D eigenvalue weighted by Gasteiger charge is 2.27. The minimum Gasteiger partial charge on any atom is -0.354 e. The van der Waals surface area contributed by atoms with Crippen LogP contribution in [0, 0.1) is 5.92 Å². The Kier molecular flexibility index (Phi) is 2.67. The number of hydrogen-bond acceptors (Lipinski definition) is 3. The van der Waals surface area contributed by atoms with Gasteiger partial charge in [0.25, 0.3) is 0 Å². The molecule has 2 unspecified atom stereocenters. The van der Waals surface area contributed by atoms with Crippen molar-refractivity contribution >= 4 is 5.95 Å². The first kappa shape index (κ1) is 10.5. The molecule has 0 aromatic carbocycles. The maximum atomic E-state index is 4.60. The van der Waals surface area contributed by atoms with E-state index in [9.17, 15) is 0 Å². The molecule has 1 aliphatic heterocycles. The summed E-state index contributed by atoms with van der Waals surface area (Å²) >= 11 is 0. The van der Waals surface area contributed by atoms with Gasteiger partial charge in [0.15, 0.2) is 5.82 Å². The number of fused-ring (bicyclic) bond motifs is 1. The topological polar surface area (TPSA) is 42.7 Å². The number of nitrogens with zero attached hydrogens (tertiary/aromatic N) is 3. The zero-order valence-electron chi connectivity index (χ0n) is 9.99. The number of hydrogen-bond donors (Lipinski definition) is 1. The predicted molar refractivity (Wildman–Crippen MR) is 61.1 cm³/mol. The lowest BCUT2D eigenvalue weighted by Crippen LogP contribution is -2.31. The Morgan fingerprint density at radius 2 is 2.27 bits per heavy atom. The van der Waals surface area contributed by atoms with Crippen LogP contribution in [0.3, 0.4) is 0 Å². The molecular formula is C11H20N4. The van der Waals surface area contributed by atoms with Gasteiger partial charge in [-0.05, 0) is 12.3 Å². The van der Waals surface area contributed by atoms with E-state index in [2.05, 4.69) is 47.8 Å². The van der Waals surface area contributed by atoms with Gasteiger partial charge in [-0.3, -0.25) is 0 Å². The third kappa shape index (κ3) is 1.73. The molecule has 1 N–H and O–H groups in total. The summed E-state index contributed by atoms with van der Waals surface area (Å²) in [6.07, 6.45) is 1.12. The highest BCUT2D eigenvalue weighted by atomic mass is 15.4. The molecule has 1 aromatic heterocycles. The van der Waals surface area contributed by atoms with Gasteiger partial charge in [0.2, 0.25) is 5.95 Å². The van der Waals surface area contributed by atoms with E-state index in [-0.39, 0.29) is 0 Å². The molecule has 0 aliphatic carbocycles. The Hall–Kier alpha value is -1.06. The van der Waals surface area contributed by atoms with Crippen LogP contribution < -0.4 is 5.32 Å². The second-order valence-corrected chi connectivity index (χ2v) is 4.73. The van der Waals surface area contributed by atoms with Crippen molar-refractivity contribution < 1.29 is 0 Å². The zero-order chi connectivity index (χ0) is 11.0. The minimum absolute atomic E-state index is 0.401. The summed E-state index contributed by atoms with van der Waals surface area (Å²) < 4.78 is 2.07. The van der Waals surface area contributed by atoms with Crippen LogP contribution in [0.2, 0.25) is 0 Å². The lowest BCUT2D eigenvalue weighted by atomic mass is 9.98. The summed E-state index contributed by atoms with van der Waals surface area (Å²) in [4.78, 5) is 4.52. The first-order chi connectivity index (χ1) is 7.13. The number of rotatable bonds is 2. The standard InChI is InChI=1S/C11H20N4/c1-5-9-8(4)6-12-11-13-10(7(2)3)14-15(9)11/h7-9H,5-6H2,1-4H3,(H,12,13,14). The first-order valence-corrected chi connectivity index (χ1v) is 5.83. The smallest absolute Gasteiger partial charge is 0.221 e. The molecule has 0 spiro atoms. The normalized spacial score (nSPS) is 25.1. The second-order valence-electron chi connectivity index (χ2n) is 4.73. The average molecular weight is 208 g/mol. The van der Waals surface area contributed by atoms with Crippen molar-refractivity contribution in [3.8, 4) is 0 Å². The molecule has 15 heavy (non-hydrogen) atoms. The molecular weight excluding hydrogens is 188 g/mol. The quantitative estimate of drug-likeness (QED) is 0.811. The fourth-order valence-electron chi connectivity index (χ4n) is 2.14. The van der Waals surface area contributed by atoms with E-state index in [1.54, 1.807) is 0 Å². The van der Waals surface area contributed by atoms with Crippen molar-refractivity contribution in [1.82, 2.24) is 14.8 Å². The van der Waals surface area contributed by atoms with Gasteiger partial charge in [-0.2, -0.15) is 10.1 Å². The van der Waals surface area contributed by atoms with Crippen LogP contribution in [0.1, 0.15) is 51.9 Å². The van der Waals surface area contributed by atoms with Gasteiger partial charge in [-0.25, -0.2) is 4.68 Å². The van der Waals surface area contributed by atoms with Crippen LogP contribution in [-0.4, -0.2) is 21.3 Å². The van der Waals surface area contributed by atoms with E-state index in [1.165, 1.54) is 0 Å². The maximum Gasteiger partial charge on any atom is 0.221 e. The Balaban J connectivity index is 2.36. The molecule has 0 saturated carbocycles. The second kappa shape index (κ2) is 3.83. The van der Waals surface area contributed by atoms with Gasteiger partial charge in [-0.15, -0.1) is 0 Å². The molecule has 0 amide bonds. The van der Waals surface area contributed by atoms with Crippen molar-refractivity contribution in [2.75, 3.05) is 11.9 Å². The Morgan fingerprint density at radius 3 is 2.87 bits per heavy atom. The molecule has 0 saturated heterocycles. The molecule has 1 aliphatic rings. The predicted octanol–water partition coefficient (Wildman–Crippen LogP) is 2.41. The summed E-state index contributed by atoms with van der Waals surface area (Å²) in [5, 5.41) is 7.94. The van der Waals surface area contributed by atoms with E-state index in [0.29, 0.717) is 17.9 Å². The molecule has 1 aromatic rings. The molecule has 0 bridgehead atoms. The molecule has 4 heteroatoms. The molecule has 2 heterocycles. The Bertz CT molecular complexity index is 342. The van der Waals surface area contributed by atoms with E-state index in [1.807, 2.05) is 0 Å². The molecule has 4 nitrogen and oxygen atoms in total. The molecule has 0 radical (unpaired) electrons. The molecule has 2 atom stereocenters. The van der Waals surface area contributed by atoms with Crippen molar-refractivity contribution in [1.29, 1.82) is 0 Å². The third-order valence-corrected chi connectivity index (χ3v) is 3.14. The van der Waals surface area contributed by atoms with Crippen LogP contribution in [-0.2, 0) is 0 Å². The number of aromatic nitrogens is 3. The molecule has 84 valence electrons. The summed E-state index contributed by atoms with van der Waals surface area (Å²) in [6, 6.07) is 0.501. The summed E-state index contributed by atoms with van der Waals surface area (Å²) in [7, 11) is 0. The fourth-order valence-corrected chi connectivity index (χ4v) is 2.14. The van der Waals surface area contributed by atoms with Gasteiger partial charge in [0.05, 0.1) is 6.04 Å². The van der Waals surface area contributed by atoms with E-state index in [0.717, 1.165) is 24.7 Å². The third-order valence-electron chi connectivity index (χ3n) is 3.14. The highest BCUT2D eigenvalue weighted by molar-refractivity contribution is 5.29. The lowest BCUT2D eigenvalue weighted by Gasteiger charge is -2.29. The average Bonchev–Trinajstić information content (AvgIpc) is 2.61. The van der Waals surface area contributed by atoms with Crippen LogP contribution in [0.4, 0.5) is 5.95 Å². The van der Waals surface area contributed by atoms with Crippen LogP contribution in [0.25, 0.3) is 0 Å². The maximum absolute atomic E-state index is 4.60. The van der Waals surface area contributed by atoms with Crippen molar-refractivity contribution in [3.63, 3.8) is 0 Å². The van der Waals surface area contributed by atoms with Crippen LogP contribution >= 0.6 is 0 Å². The van der Waals surface area contributed by atoms with Gasteiger partial charge < -0.3 is 5.32 Å². The van der Waals surface area contributed by atoms with Gasteiger partial charge in [-0.1, -0.05) is 27.7 Å². The van der Waals surface area contributed by atoms with E-state index < -0.39 is 0 Å². The summed E-state index contributed by atoms with van der Waals surface area (Å²) in [5.74, 6) is 2.93. The highest BCUT2D eigenvalue weighted by Crippen LogP contribution is 2.29. The van der Waals surface area contributed by atoms with Gasteiger partial charge >= 0.3 is 0 Å². The largest absolute Gasteiger partial charge is 0.354 e. The lowest BCUT2D eigenvalue weighted by molar-refractivity contribution is 0.310. The van der Waals surface area contributed by atoms with Crippen molar-refractivity contribution in [2.24, 2.45) is 5.92 Å². The number of anilines is 1. The Labute approximate surface area is 91.1 Å². The fraction of sp³-hybridized carbons (Fsp3) is 0.818. The zero-order valence-corrected chi connectivity index (χ0v) is 9.99. The monoisotopic (exact) mass is 208 g/mol. The molecule has 0 fully saturated rings. The summed E-state index contributed by atoms with van der Waals surface area (Å²) in [6.45, 7) is 9.75. The minimum atomic E-state index is 0.401. The van der Waals surface area contributed by atoms with Crippen LogP contribution in [0.5, 0.6) is 0 Å². The first-order valence-electron chi connectivity index (χ1n) is 5.83. The van der Waals surface area contributed by atoms with Gasteiger partial charge in [0, 0.05) is 12.5 Å². The Morgan fingerprint density at radius 1 is 1.53 bits per heavy atom. The summed E-state index contributed by atoms with van der Waals surface area (Å²) in [5.41, 5.74) is 0. The number of nitrogens with one attached hydrogen (secondary N) is 1. The van der Waals surface area contributed by atoms with Crippen molar-refractivity contribution in [2.45, 2.75) is 46.1 Å². The van der Waals surface area contributed by atoms with E-state index in [4.69, 9.17) is 0 Å².